The number of halogens is 1. The molecule has 8 nitrogen and oxygen atoms in total. The van der Waals surface area contributed by atoms with Gasteiger partial charge in [0.05, 0.1) is 13.7 Å². The number of anilines is 1. The number of primary amides is 1. The highest BCUT2D eigenvalue weighted by Crippen LogP contribution is 2.10. The van der Waals surface area contributed by atoms with Crippen molar-refractivity contribution in [1.29, 1.82) is 0 Å². The summed E-state index contributed by atoms with van der Waals surface area (Å²) in [4.78, 5) is 21.8. The number of ether oxygens (including phenoxy) is 2. The van der Waals surface area contributed by atoms with Crippen molar-refractivity contribution in [2.45, 2.75) is 0 Å². The molecule has 17 heavy (non-hydrogen) atoms. The number of nitrogens with two attached hydrogens (primary N) is 1. The van der Waals surface area contributed by atoms with Gasteiger partial charge in [0.1, 0.15) is 6.61 Å². The molecule has 0 aliphatic heterocycles. The summed E-state index contributed by atoms with van der Waals surface area (Å²) in [7, 11) is 1.42. The van der Waals surface area contributed by atoms with E-state index in [9.17, 15) is 4.79 Å². The molecule has 0 saturated heterocycles. The van der Waals surface area contributed by atoms with Gasteiger partial charge in [0.2, 0.25) is 17.1 Å². The van der Waals surface area contributed by atoms with Gasteiger partial charge in [0.15, 0.2) is 0 Å². The zero-order valence-corrected chi connectivity index (χ0v) is 9.90. The van der Waals surface area contributed by atoms with E-state index < -0.39 is 5.91 Å². The van der Waals surface area contributed by atoms with E-state index in [1.807, 2.05) is 0 Å². The van der Waals surface area contributed by atoms with Gasteiger partial charge in [-0.25, -0.2) is 0 Å². The third-order valence-corrected chi connectivity index (χ3v) is 1.71. The van der Waals surface area contributed by atoms with Crippen LogP contribution in [0.3, 0.4) is 0 Å². The predicted molar refractivity (Wildman–Crippen MR) is 59.9 cm³/mol. The highest BCUT2D eigenvalue weighted by Gasteiger charge is 2.04. The smallest absolute Gasteiger partial charge is 0.322 e. The summed E-state index contributed by atoms with van der Waals surface area (Å²) in [5.41, 5.74) is 4.89. The monoisotopic (exact) mass is 261 g/mol. The lowest BCUT2D eigenvalue weighted by atomic mass is 10.6. The van der Waals surface area contributed by atoms with Crippen LogP contribution in [0.15, 0.2) is 0 Å². The van der Waals surface area contributed by atoms with Gasteiger partial charge < -0.3 is 20.5 Å². The quantitative estimate of drug-likeness (QED) is 0.633. The molecule has 0 aliphatic rings. The van der Waals surface area contributed by atoms with Crippen molar-refractivity contribution in [3.63, 3.8) is 0 Å². The second-order valence-electron chi connectivity index (χ2n) is 2.86. The average Bonchev–Trinajstić information content (AvgIpc) is 2.27. The molecule has 0 saturated carbocycles. The standard InChI is InChI=1S/C8H12ClN5O3/c1-16-8-13-6(9)12-7(14-8)11-2-3-17-4-5(10)15/h2-4H2,1H3,(H2,10,15)(H,11,12,13,14). The number of nitrogens with zero attached hydrogens (tertiary/aromatic N) is 3. The first-order valence-electron chi connectivity index (χ1n) is 4.67. The number of carbonyl (C=O) groups is 1. The summed E-state index contributed by atoms with van der Waals surface area (Å²) in [5.74, 6) is -0.251. The Balaban J connectivity index is 2.36. The third kappa shape index (κ3) is 5.27. The van der Waals surface area contributed by atoms with Crippen molar-refractivity contribution < 1.29 is 14.3 Å². The summed E-state index contributed by atoms with van der Waals surface area (Å²) < 4.78 is 9.75. The molecule has 0 radical (unpaired) electrons. The molecule has 0 fully saturated rings. The van der Waals surface area contributed by atoms with Gasteiger partial charge >= 0.3 is 6.01 Å². The van der Waals surface area contributed by atoms with Gasteiger partial charge in [-0.1, -0.05) is 0 Å². The van der Waals surface area contributed by atoms with Crippen molar-refractivity contribution >= 4 is 23.5 Å². The topological polar surface area (TPSA) is 112 Å². The van der Waals surface area contributed by atoms with E-state index in [1.165, 1.54) is 7.11 Å². The summed E-state index contributed by atoms with van der Waals surface area (Å²) in [6, 6.07) is 0.116. The number of hydrogen-bond donors (Lipinski definition) is 2. The maximum absolute atomic E-state index is 10.4. The van der Waals surface area contributed by atoms with Gasteiger partial charge in [0.25, 0.3) is 0 Å². The van der Waals surface area contributed by atoms with Crippen molar-refractivity contribution in [3.8, 4) is 6.01 Å². The van der Waals surface area contributed by atoms with Gasteiger partial charge in [0, 0.05) is 6.54 Å². The van der Waals surface area contributed by atoms with Crippen molar-refractivity contribution in [2.75, 3.05) is 32.2 Å². The Hall–Kier alpha value is -1.67. The molecule has 0 unspecified atom stereocenters. The van der Waals surface area contributed by atoms with Gasteiger partial charge in [-0.2, -0.15) is 15.0 Å². The zero-order valence-electron chi connectivity index (χ0n) is 9.14. The fraction of sp³-hybridized carbons (Fsp3) is 0.500. The number of rotatable bonds is 7. The molecule has 1 aromatic rings. The van der Waals surface area contributed by atoms with Crippen LogP contribution in [0.4, 0.5) is 5.95 Å². The van der Waals surface area contributed by atoms with Crippen molar-refractivity contribution in [2.24, 2.45) is 5.73 Å². The lowest BCUT2D eigenvalue weighted by molar-refractivity contribution is -0.122. The van der Waals surface area contributed by atoms with E-state index in [-0.39, 0.29) is 30.5 Å². The lowest BCUT2D eigenvalue weighted by Gasteiger charge is -2.05. The largest absolute Gasteiger partial charge is 0.467 e. The minimum Gasteiger partial charge on any atom is -0.467 e. The Bertz CT molecular complexity index is 389. The lowest BCUT2D eigenvalue weighted by Crippen LogP contribution is -2.21. The molecule has 1 heterocycles. The predicted octanol–water partition coefficient (Wildman–Crippen LogP) is -0.553. The Labute approximate surface area is 102 Å². The second kappa shape index (κ2) is 6.81. The molecule has 0 aromatic carbocycles. The Morgan fingerprint density at radius 2 is 2.24 bits per heavy atom. The second-order valence-corrected chi connectivity index (χ2v) is 3.20. The van der Waals surface area contributed by atoms with Crippen LogP contribution in [0, 0.1) is 0 Å². The Kier molecular flexibility index (Phi) is 5.37. The minimum absolute atomic E-state index is 0.0254. The molecule has 0 spiro atoms. The summed E-state index contributed by atoms with van der Waals surface area (Å²) in [6.45, 7) is 0.564. The van der Waals surface area contributed by atoms with Crippen molar-refractivity contribution in [1.82, 2.24) is 15.0 Å². The molecule has 1 rings (SSSR count). The van der Waals surface area contributed by atoms with E-state index in [0.29, 0.717) is 6.54 Å². The molecular formula is C8H12ClN5O3. The Morgan fingerprint density at radius 1 is 1.47 bits per heavy atom. The molecule has 9 heteroatoms. The maximum atomic E-state index is 10.4. The number of hydrogen-bond acceptors (Lipinski definition) is 7. The first-order chi connectivity index (χ1) is 8.11. The van der Waals surface area contributed by atoms with Crippen LogP contribution in [-0.4, -0.2) is 47.7 Å². The van der Waals surface area contributed by atoms with Crippen LogP contribution in [-0.2, 0) is 9.53 Å². The SMILES string of the molecule is COc1nc(Cl)nc(NCCOCC(N)=O)n1. The summed E-state index contributed by atoms with van der Waals surface area (Å²) in [5, 5.41) is 2.86. The molecule has 1 amide bonds. The third-order valence-electron chi connectivity index (χ3n) is 1.54. The maximum Gasteiger partial charge on any atom is 0.322 e. The first-order valence-corrected chi connectivity index (χ1v) is 5.05. The molecule has 1 aromatic heterocycles. The van der Waals surface area contributed by atoms with E-state index in [1.54, 1.807) is 0 Å². The van der Waals surface area contributed by atoms with Crippen molar-refractivity contribution in [3.05, 3.63) is 5.28 Å². The summed E-state index contributed by atoms with van der Waals surface area (Å²) >= 11 is 5.64. The molecule has 0 atom stereocenters. The number of nitrogens with one attached hydrogen (secondary N) is 1. The van der Waals surface area contributed by atoms with Crippen LogP contribution in [0.2, 0.25) is 5.28 Å². The van der Waals surface area contributed by atoms with E-state index in [0.717, 1.165) is 0 Å². The van der Waals surface area contributed by atoms with Crippen LogP contribution in [0.25, 0.3) is 0 Å². The molecule has 94 valence electrons. The van der Waals surface area contributed by atoms with E-state index in [4.69, 9.17) is 26.8 Å². The number of aromatic nitrogens is 3. The molecular weight excluding hydrogens is 250 g/mol. The Morgan fingerprint density at radius 3 is 2.88 bits per heavy atom. The highest BCUT2D eigenvalue weighted by atomic mass is 35.5. The number of amides is 1. The number of carbonyl (C=O) groups excluding carboxylic acids is 1. The fourth-order valence-electron chi connectivity index (χ4n) is 0.910. The zero-order chi connectivity index (χ0) is 12.7. The van der Waals surface area contributed by atoms with Crippen LogP contribution >= 0.6 is 11.6 Å². The number of methoxy groups -OCH3 is 1. The van der Waals surface area contributed by atoms with Gasteiger partial charge in [-0.15, -0.1) is 0 Å². The molecule has 0 bridgehead atoms. The van der Waals surface area contributed by atoms with Crippen LogP contribution < -0.4 is 15.8 Å². The molecule has 3 N–H and O–H groups in total. The minimum atomic E-state index is -0.519. The highest BCUT2D eigenvalue weighted by molar-refractivity contribution is 6.28. The summed E-state index contributed by atoms with van der Waals surface area (Å²) in [6.07, 6.45) is 0. The fourth-order valence-corrected chi connectivity index (χ4v) is 1.06. The van der Waals surface area contributed by atoms with E-state index >= 15 is 0 Å². The normalized spacial score (nSPS) is 10.0. The van der Waals surface area contributed by atoms with Crippen LogP contribution in [0.1, 0.15) is 0 Å². The van der Waals surface area contributed by atoms with Crippen LogP contribution in [0.5, 0.6) is 6.01 Å². The van der Waals surface area contributed by atoms with Gasteiger partial charge in [-0.05, 0) is 11.6 Å². The van der Waals surface area contributed by atoms with Gasteiger partial charge in [-0.3, -0.25) is 4.79 Å². The molecule has 0 aliphatic carbocycles. The first kappa shape index (κ1) is 13.4. The van der Waals surface area contributed by atoms with E-state index in [2.05, 4.69) is 20.3 Å². The average molecular weight is 262 g/mol.